The van der Waals surface area contributed by atoms with Crippen molar-refractivity contribution in [2.45, 2.75) is 45.3 Å². The predicted octanol–water partition coefficient (Wildman–Crippen LogP) is 5.61. The minimum absolute atomic E-state index is 0.0738. The lowest BCUT2D eigenvalue weighted by Crippen LogP contribution is -2.39. The maximum atomic E-state index is 12.8. The van der Waals surface area contributed by atoms with E-state index >= 15 is 0 Å². The molecule has 1 aromatic carbocycles. The summed E-state index contributed by atoms with van der Waals surface area (Å²) in [7, 11) is 1.83. The molecule has 3 aromatic heterocycles. The van der Waals surface area contributed by atoms with Gasteiger partial charge >= 0.3 is 6.09 Å². The molecule has 1 aliphatic rings. The van der Waals surface area contributed by atoms with Crippen LogP contribution in [0.25, 0.3) is 22.2 Å². The summed E-state index contributed by atoms with van der Waals surface area (Å²) in [5.74, 6) is 1.12. The first-order chi connectivity index (χ1) is 17.9. The first-order valence-corrected chi connectivity index (χ1v) is 12.7. The third-order valence-electron chi connectivity index (χ3n) is 6.49. The van der Waals surface area contributed by atoms with E-state index in [0.29, 0.717) is 46.9 Å². The molecular weight excluding hydrogens is 506 g/mol. The fraction of sp³-hybridized carbons (Fsp3) is 0.357. The molecule has 4 heterocycles. The highest BCUT2D eigenvalue weighted by Crippen LogP contribution is 2.45. The van der Waals surface area contributed by atoms with Crippen molar-refractivity contribution in [1.29, 1.82) is 0 Å². The van der Waals surface area contributed by atoms with Crippen LogP contribution < -0.4 is 4.74 Å². The Balaban J connectivity index is 1.55. The summed E-state index contributed by atoms with van der Waals surface area (Å²) in [6.45, 7) is 7.78. The number of likely N-dealkylation sites (tertiary alicyclic amines) is 1. The van der Waals surface area contributed by atoms with Gasteiger partial charge in [0.25, 0.3) is 0 Å². The molecule has 0 aliphatic carbocycles. The number of rotatable bonds is 4. The van der Waals surface area contributed by atoms with E-state index in [1.54, 1.807) is 6.07 Å². The van der Waals surface area contributed by atoms with Gasteiger partial charge in [0.1, 0.15) is 34.1 Å². The van der Waals surface area contributed by atoms with Gasteiger partial charge in [-0.15, -0.1) is 0 Å². The summed E-state index contributed by atoms with van der Waals surface area (Å²) in [6, 6.07) is 13.1. The van der Waals surface area contributed by atoms with Gasteiger partial charge in [-0.2, -0.15) is 0 Å². The van der Waals surface area contributed by atoms with Gasteiger partial charge in [-0.1, -0.05) is 29.8 Å². The number of aryl methyl sites for hydroxylation is 2. The molecular formula is C28H30ClN5O4. The summed E-state index contributed by atoms with van der Waals surface area (Å²) in [5.41, 5.74) is 1.57. The number of hydrogen-bond donors (Lipinski definition) is 1. The normalized spacial score (nSPS) is 17.7. The molecule has 1 N–H and O–H groups in total. The van der Waals surface area contributed by atoms with E-state index in [2.05, 4.69) is 15.0 Å². The number of aromatic nitrogens is 4. The van der Waals surface area contributed by atoms with E-state index in [-0.39, 0.29) is 11.7 Å². The van der Waals surface area contributed by atoms with Crippen molar-refractivity contribution in [3.05, 3.63) is 65.3 Å². The molecule has 10 heteroatoms. The number of pyridine rings is 1. The number of amides is 1. The highest BCUT2D eigenvalue weighted by molar-refractivity contribution is 6.35. The number of hydrogen-bond acceptors (Lipinski definition) is 7. The van der Waals surface area contributed by atoms with Crippen LogP contribution in [0.1, 0.15) is 38.6 Å². The lowest BCUT2D eigenvalue weighted by Gasteiger charge is -2.28. The fourth-order valence-corrected chi connectivity index (χ4v) is 5.12. The van der Waals surface area contributed by atoms with Gasteiger partial charge in [0.2, 0.25) is 5.88 Å². The number of benzene rings is 1. The molecule has 5 rings (SSSR count). The predicted molar refractivity (Wildman–Crippen MR) is 144 cm³/mol. The van der Waals surface area contributed by atoms with Crippen LogP contribution in [-0.2, 0) is 17.4 Å². The van der Waals surface area contributed by atoms with Crippen LogP contribution in [0.4, 0.5) is 4.79 Å². The molecule has 0 unspecified atom stereocenters. The van der Waals surface area contributed by atoms with Gasteiger partial charge in [-0.25, -0.2) is 19.7 Å². The van der Waals surface area contributed by atoms with Crippen LogP contribution in [0.3, 0.4) is 0 Å². The third kappa shape index (κ3) is 4.91. The average molecular weight is 536 g/mol. The molecule has 38 heavy (non-hydrogen) atoms. The summed E-state index contributed by atoms with van der Waals surface area (Å²) in [4.78, 5) is 27.4. The zero-order valence-electron chi connectivity index (χ0n) is 22.0. The SMILES string of the molecule is Cc1cccc(Oc2ccc(-c3c([C@]4(O)CCN(C(=O)OC(C)(C)C)C4)n(C)c4ncnc(Cl)c34)cc2)n1. The monoisotopic (exact) mass is 535 g/mol. The lowest BCUT2D eigenvalue weighted by atomic mass is 9.91. The van der Waals surface area contributed by atoms with E-state index < -0.39 is 17.3 Å². The Hall–Kier alpha value is -3.69. The van der Waals surface area contributed by atoms with Crippen molar-refractivity contribution in [2.75, 3.05) is 13.1 Å². The van der Waals surface area contributed by atoms with E-state index in [9.17, 15) is 9.90 Å². The average Bonchev–Trinajstić information content (AvgIpc) is 3.38. The molecule has 1 aliphatic heterocycles. The summed E-state index contributed by atoms with van der Waals surface area (Å²) in [5, 5.41) is 12.9. The van der Waals surface area contributed by atoms with E-state index in [0.717, 1.165) is 11.3 Å². The topological polar surface area (TPSA) is 103 Å². The Morgan fingerprint density at radius 1 is 1.13 bits per heavy atom. The highest BCUT2D eigenvalue weighted by Gasteiger charge is 2.45. The Morgan fingerprint density at radius 3 is 2.55 bits per heavy atom. The number of fused-ring (bicyclic) bond motifs is 1. The fourth-order valence-electron chi connectivity index (χ4n) is 4.90. The number of ether oxygens (including phenoxy) is 2. The number of carbonyl (C=O) groups excluding carboxylic acids is 1. The first-order valence-electron chi connectivity index (χ1n) is 12.4. The quantitative estimate of drug-likeness (QED) is 0.339. The minimum Gasteiger partial charge on any atom is -0.444 e. The van der Waals surface area contributed by atoms with Crippen LogP contribution in [0, 0.1) is 6.92 Å². The van der Waals surface area contributed by atoms with E-state index in [1.165, 1.54) is 11.2 Å². The second-order valence-corrected chi connectivity index (χ2v) is 10.9. The number of carbonyl (C=O) groups is 1. The van der Waals surface area contributed by atoms with Crippen LogP contribution in [0.15, 0.2) is 48.8 Å². The van der Waals surface area contributed by atoms with Crippen LogP contribution in [0.5, 0.6) is 11.6 Å². The summed E-state index contributed by atoms with van der Waals surface area (Å²) < 4.78 is 13.3. The molecule has 0 saturated carbocycles. The molecule has 1 amide bonds. The molecule has 1 fully saturated rings. The van der Waals surface area contributed by atoms with Crippen molar-refractivity contribution in [1.82, 2.24) is 24.4 Å². The molecule has 1 saturated heterocycles. The molecule has 0 radical (unpaired) electrons. The number of nitrogens with zero attached hydrogens (tertiary/aromatic N) is 5. The second kappa shape index (κ2) is 9.56. The molecule has 198 valence electrons. The van der Waals surface area contributed by atoms with Gasteiger partial charge in [-0.05, 0) is 51.5 Å². The molecule has 9 nitrogen and oxygen atoms in total. The maximum absolute atomic E-state index is 12.8. The van der Waals surface area contributed by atoms with Gasteiger partial charge < -0.3 is 24.0 Å². The number of aliphatic hydroxyl groups is 1. The maximum Gasteiger partial charge on any atom is 0.410 e. The largest absolute Gasteiger partial charge is 0.444 e. The Morgan fingerprint density at radius 2 is 1.87 bits per heavy atom. The molecule has 0 spiro atoms. The molecule has 0 bridgehead atoms. The third-order valence-corrected chi connectivity index (χ3v) is 6.78. The second-order valence-electron chi connectivity index (χ2n) is 10.6. The van der Waals surface area contributed by atoms with Gasteiger partial charge in [0.05, 0.1) is 17.6 Å². The molecule has 4 aromatic rings. The van der Waals surface area contributed by atoms with Crippen molar-refractivity contribution in [2.24, 2.45) is 7.05 Å². The summed E-state index contributed by atoms with van der Waals surface area (Å²) >= 11 is 6.59. The first kappa shape index (κ1) is 25.9. The number of β-amino-alcohol motifs (C(OH)–C–C–N with tert-alkyl or cyclic N) is 1. The number of halogens is 1. The Kier molecular flexibility index (Phi) is 6.53. The Labute approximate surface area is 226 Å². The van der Waals surface area contributed by atoms with Crippen LogP contribution in [-0.4, -0.2) is 54.3 Å². The molecule has 1 atom stereocenters. The van der Waals surface area contributed by atoms with Crippen molar-refractivity contribution in [3.63, 3.8) is 0 Å². The van der Waals surface area contributed by atoms with Crippen molar-refractivity contribution >= 4 is 28.7 Å². The van der Waals surface area contributed by atoms with E-state index in [4.69, 9.17) is 21.1 Å². The van der Waals surface area contributed by atoms with Crippen LogP contribution in [0.2, 0.25) is 5.15 Å². The zero-order chi connectivity index (χ0) is 27.2. The van der Waals surface area contributed by atoms with E-state index in [1.807, 2.05) is 75.7 Å². The van der Waals surface area contributed by atoms with Crippen LogP contribution >= 0.6 is 11.6 Å². The van der Waals surface area contributed by atoms with Gasteiger partial charge in [0.15, 0.2) is 0 Å². The lowest BCUT2D eigenvalue weighted by molar-refractivity contribution is 0.0120. The van der Waals surface area contributed by atoms with Gasteiger partial charge in [-0.3, -0.25) is 0 Å². The van der Waals surface area contributed by atoms with Crippen molar-refractivity contribution < 1.29 is 19.4 Å². The smallest absolute Gasteiger partial charge is 0.410 e. The highest BCUT2D eigenvalue weighted by atomic mass is 35.5. The standard InChI is InChI=1S/C28H30ClN5O4/c1-17-7-6-8-20(32-17)37-19-11-9-18(10-12-19)21-22-24(29)30-16-31-25(22)33(5)23(21)28(36)13-14-34(15-28)26(35)38-27(2,3)4/h6-12,16,36H,13-15H2,1-5H3/t28-/m0/s1. The Bertz CT molecular complexity index is 1510. The van der Waals surface area contributed by atoms with Gasteiger partial charge in [0, 0.05) is 37.3 Å². The minimum atomic E-state index is -1.36. The zero-order valence-corrected chi connectivity index (χ0v) is 22.8. The van der Waals surface area contributed by atoms with Crippen molar-refractivity contribution in [3.8, 4) is 22.8 Å². The summed E-state index contributed by atoms with van der Waals surface area (Å²) in [6.07, 6.45) is 1.27.